The minimum atomic E-state index is -3.08. The van der Waals surface area contributed by atoms with Crippen molar-refractivity contribution < 1.29 is 0 Å². The number of hydrogen-bond donors (Lipinski definition) is 0. The van der Waals surface area contributed by atoms with Crippen LogP contribution in [0.5, 0.6) is 0 Å². The Morgan fingerprint density at radius 3 is 1.07 bits per heavy atom. The molecule has 1 nitrogen and oxygen atoms in total. The van der Waals surface area contributed by atoms with Crippen LogP contribution in [0, 0.1) is 0 Å². The van der Waals surface area contributed by atoms with Gasteiger partial charge in [0.05, 0.1) is 0 Å². The Balaban J connectivity index is 2.07. The third kappa shape index (κ3) is 3.27. The number of rotatable bonds is 5. The van der Waals surface area contributed by atoms with E-state index in [1.54, 1.807) is 0 Å². The van der Waals surface area contributed by atoms with Gasteiger partial charge in [-0.15, -0.1) is 0 Å². The van der Waals surface area contributed by atoms with Crippen LogP contribution >= 0.6 is 0 Å². The Bertz CT molecular complexity index is 914. The van der Waals surface area contributed by atoms with Crippen LogP contribution in [0.2, 0.25) is 0 Å². The molecule has 0 amide bonds. The second-order valence-electron chi connectivity index (χ2n) is 7.29. The molecule has 0 aromatic heterocycles. The fourth-order valence-corrected chi connectivity index (χ4v) is 14.0. The Labute approximate surface area is 170 Å². The molecule has 0 heterocycles. The van der Waals surface area contributed by atoms with E-state index in [-0.39, 0.29) is 0 Å². The van der Waals surface area contributed by atoms with Crippen molar-refractivity contribution in [1.29, 1.82) is 0 Å². The first-order valence-electron chi connectivity index (χ1n) is 9.67. The van der Waals surface area contributed by atoms with Crippen molar-refractivity contribution in [2.75, 3.05) is 19.0 Å². The Kier molecular flexibility index (Phi) is 5.36. The molecule has 4 aromatic rings. The van der Waals surface area contributed by atoms with E-state index in [9.17, 15) is 0 Å². The summed E-state index contributed by atoms with van der Waals surface area (Å²) in [5.74, 6) is 0. The van der Waals surface area contributed by atoms with Crippen LogP contribution in [0.15, 0.2) is 115 Å². The van der Waals surface area contributed by atoms with Crippen LogP contribution < -0.4 is 22.5 Å². The van der Waals surface area contributed by atoms with Crippen LogP contribution in [0.3, 0.4) is 0 Å². The molecule has 0 fully saturated rings. The minimum absolute atomic E-state index is 1.23. The Morgan fingerprint density at radius 2 is 0.750 bits per heavy atom. The molecular weight excluding hydrogens is 399 g/mol. The van der Waals surface area contributed by atoms with Crippen molar-refractivity contribution >= 4 is 36.5 Å². The van der Waals surface area contributed by atoms with Crippen LogP contribution in [-0.4, -0.2) is 27.4 Å². The first-order chi connectivity index (χ1) is 13.7. The number of hydrogen-bond acceptors (Lipinski definition) is 1. The molecule has 4 aromatic carbocycles. The fraction of sp³-hybridized carbons (Fsp3) is 0.0769. The Morgan fingerprint density at radius 1 is 0.429 bits per heavy atom. The molecule has 0 spiro atoms. The second-order valence-corrected chi connectivity index (χ2v) is 15.3. The van der Waals surface area contributed by atoms with Gasteiger partial charge in [0, 0.05) is 0 Å². The topological polar surface area (TPSA) is 3.24 Å². The summed E-state index contributed by atoms with van der Waals surface area (Å²) in [5, 5.41) is 0. The van der Waals surface area contributed by atoms with Crippen molar-refractivity contribution in [3.63, 3.8) is 0 Å². The van der Waals surface area contributed by atoms with Gasteiger partial charge in [0.1, 0.15) is 0 Å². The molecule has 2 heteroatoms. The number of benzene rings is 4. The molecule has 0 N–H and O–H groups in total. The van der Waals surface area contributed by atoms with Gasteiger partial charge in [-0.1, -0.05) is 0 Å². The third-order valence-corrected chi connectivity index (χ3v) is 15.5. The van der Waals surface area contributed by atoms with E-state index in [1.807, 2.05) is 0 Å². The first kappa shape index (κ1) is 18.6. The summed E-state index contributed by atoms with van der Waals surface area (Å²) in [6, 6.07) is 42.5. The SMILES string of the molecule is CN(C)c1cc[c]([Ge]([c]2ccccc2)([c]2ccccc2)[c]2ccccc2)cc1. The van der Waals surface area contributed by atoms with Crippen LogP contribution in [0.1, 0.15) is 0 Å². The third-order valence-electron chi connectivity index (χ3n) is 5.44. The molecule has 0 aliphatic carbocycles. The van der Waals surface area contributed by atoms with Gasteiger partial charge < -0.3 is 0 Å². The van der Waals surface area contributed by atoms with E-state index >= 15 is 0 Å². The number of nitrogens with zero attached hydrogens (tertiary/aromatic N) is 1. The van der Waals surface area contributed by atoms with Crippen LogP contribution in [0.25, 0.3) is 0 Å². The molecule has 0 atom stereocenters. The molecule has 0 saturated carbocycles. The maximum absolute atomic E-state index is 3.08. The van der Waals surface area contributed by atoms with Gasteiger partial charge in [-0.3, -0.25) is 0 Å². The first-order valence-corrected chi connectivity index (χ1v) is 13.9. The number of anilines is 1. The molecule has 138 valence electrons. The van der Waals surface area contributed by atoms with E-state index in [1.165, 1.54) is 23.3 Å². The van der Waals surface area contributed by atoms with Crippen molar-refractivity contribution in [3.05, 3.63) is 115 Å². The van der Waals surface area contributed by atoms with Crippen LogP contribution in [-0.2, 0) is 0 Å². The van der Waals surface area contributed by atoms with Crippen molar-refractivity contribution in [1.82, 2.24) is 0 Å². The average molecular weight is 424 g/mol. The average Bonchev–Trinajstić information content (AvgIpc) is 2.77. The van der Waals surface area contributed by atoms with Crippen molar-refractivity contribution in [3.8, 4) is 0 Å². The van der Waals surface area contributed by atoms with Gasteiger partial charge in [-0.2, -0.15) is 0 Å². The monoisotopic (exact) mass is 425 g/mol. The molecular formula is C26H25GeN. The van der Waals surface area contributed by atoms with Gasteiger partial charge >= 0.3 is 171 Å². The van der Waals surface area contributed by atoms with Crippen molar-refractivity contribution in [2.45, 2.75) is 0 Å². The molecule has 0 saturated heterocycles. The standard InChI is InChI=1S/C26H25GeN/c1-28(2)26-20-18-25(19-21-26)27(22-12-6-3-7-13-22,23-14-8-4-9-15-23)24-16-10-5-11-17-24/h3-21H,1-2H3. The Hall–Kier alpha value is -2.78. The molecule has 28 heavy (non-hydrogen) atoms. The fourth-order valence-electron chi connectivity index (χ4n) is 4.07. The summed E-state index contributed by atoms with van der Waals surface area (Å²) in [6.07, 6.45) is 0. The van der Waals surface area contributed by atoms with Gasteiger partial charge in [-0.05, 0) is 0 Å². The summed E-state index contributed by atoms with van der Waals surface area (Å²) >= 11 is -3.08. The quantitative estimate of drug-likeness (QED) is 0.446. The van der Waals surface area contributed by atoms with E-state index in [0.717, 1.165) is 0 Å². The van der Waals surface area contributed by atoms with E-state index in [2.05, 4.69) is 134 Å². The molecule has 0 bridgehead atoms. The second kappa shape index (κ2) is 8.07. The predicted molar refractivity (Wildman–Crippen MR) is 124 cm³/mol. The van der Waals surface area contributed by atoms with Gasteiger partial charge in [-0.25, -0.2) is 0 Å². The van der Waals surface area contributed by atoms with Crippen molar-refractivity contribution in [2.24, 2.45) is 0 Å². The summed E-state index contributed by atoms with van der Waals surface area (Å²) in [4.78, 5) is 2.16. The molecule has 4 rings (SSSR count). The zero-order valence-electron chi connectivity index (χ0n) is 16.4. The zero-order chi connectivity index (χ0) is 19.4. The summed E-state index contributed by atoms with van der Waals surface area (Å²) in [5.41, 5.74) is 1.23. The van der Waals surface area contributed by atoms with E-state index < -0.39 is 13.3 Å². The normalized spacial score (nSPS) is 11.2. The van der Waals surface area contributed by atoms with Crippen LogP contribution in [0.4, 0.5) is 5.69 Å². The molecule has 0 aliphatic rings. The summed E-state index contributed by atoms with van der Waals surface area (Å²) in [7, 11) is 4.19. The van der Waals surface area contributed by atoms with Gasteiger partial charge in [0.25, 0.3) is 0 Å². The predicted octanol–water partition coefficient (Wildman–Crippen LogP) is 3.13. The summed E-state index contributed by atoms with van der Waals surface area (Å²) < 4.78 is 5.82. The van der Waals surface area contributed by atoms with E-state index in [4.69, 9.17) is 0 Å². The molecule has 0 aliphatic heterocycles. The molecule has 0 unspecified atom stereocenters. The van der Waals surface area contributed by atoms with E-state index in [0.29, 0.717) is 0 Å². The summed E-state index contributed by atoms with van der Waals surface area (Å²) in [6.45, 7) is 0. The van der Waals surface area contributed by atoms with Gasteiger partial charge in [0.15, 0.2) is 0 Å². The maximum atomic E-state index is 2.35. The zero-order valence-corrected chi connectivity index (χ0v) is 18.5. The van der Waals surface area contributed by atoms with Gasteiger partial charge in [0.2, 0.25) is 0 Å². The molecule has 0 radical (unpaired) electrons.